The molecule has 1 aliphatic heterocycles. The first-order valence-corrected chi connectivity index (χ1v) is 11.8. The molecule has 4 heterocycles. The Kier molecular flexibility index (Phi) is 6.30. The number of piperidine rings is 1. The van der Waals surface area contributed by atoms with Crippen molar-refractivity contribution >= 4 is 68.0 Å². The van der Waals surface area contributed by atoms with Gasteiger partial charge in [0.15, 0.2) is 10.3 Å². The number of aryl methyl sites for hydroxylation is 1. The summed E-state index contributed by atoms with van der Waals surface area (Å²) in [4.78, 5) is 37.2. The Hall–Kier alpha value is -2.41. The molecule has 0 aliphatic carbocycles. The molecule has 170 valence electrons. The summed E-state index contributed by atoms with van der Waals surface area (Å²) in [5.74, 6) is -1.69. The number of nitrogens with one attached hydrogen (secondary N) is 2. The third-order valence-electron chi connectivity index (χ3n) is 4.98. The van der Waals surface area contributed by atoms with Gasteiger partial charge in [-0.3, -0.25) is 4.79 Å². The Labute approximate surface area is 199 Å². The van der Waals surface area contributed by atoms with Crippen LogP contribution in [0.15, 0.2) is 5.38 Å². The first kappa shape index (κ1) is 22.8. The Morgan fingerprint density at radius 1 is 1.38 bits per heavy atom. The Morgan fingerprint density at radius 3 is 2.69 bits per heavy atom. The van der Waals surface area contributed by atoms with Gasteiger partial charge in [0.1, 0.15) is 28.1 Å². The van der Waals surface area contributed by atoms with E-state index in [0.29, 0.717) is 34.6 Å². The van der Waals surface area contributed by atoms with Crippen molar-refractivity contribution in [1.82, 2.24) is 20.3 Å². The number of halogens is 3. The molecule has 9 nitrogen and oxygen atoms in total. The Morgan fingerprint density at radius 2 is 2.12 bits per heavy atom. The van der Waals surface area contributed by atoms with Crippen LogP contribution in [0.5, 0.6) is 0 Å². The molecule has 2 atom stereocenters. The van der Waals surface area contributed by atoms with Crippen molar-refractivity contribution < 1.29 is 19.1 Å². The van der Waals surface area contributed by atoms with Gasteiger partial charge < -0.3 is 26.0 Å². The van der Waals surface area contributed by atoms with Crippen molar-refractivity contribution in [3.8, 4) is 11.4 Å². The van der Waals surface area contributed by atoms with Gasteiger partial charge in [0.25, 0.3) is 5.91 Å². The van der Waals surface area contributed by atoms with Gasteiger partial charge in [-0.25, -0.2) is 19.2 Å². The monoisotopic (exact) mass is 518 g/mol. The molecule has 32 heavy (non-hydrogen) atoms. The number of carbonyl (C=O) groups is 2. The highest BCUT2D eigenvalue weighted by molar-refractivity contribution is 7.18. The second-order valence-electron chi connectivity index (χ2n) is 7.13. The summed E-state index contributed by atoms with van der Waals surface area (Å²) in [6.45, 7) is 1.98. The summed E-state index contributed by atoms with van der Waals surface area (Å²) in [5.41, 5.74) is 6.84. The standard InChI is InChI=1S/C18H17Cl2FN6O3S2/c1-6-10(19)11(20)13(23-6)15(28)24-8-2-3-27(4-7(8)21)18-26-12(14(32-18)16(29)30)9-5-31-17(22)25-9/h5,7-8,23H,2-4H2,1H3,(H2,22,25)(H,24,28)(H,29,30)/t7-,8+/m0/s1. The van der Waals surface area contributed by atoms with Crippen molar-refractivity contribution in [2.24, 2.45) is 0 Å². The smallest absolute Gasteiger partial charge is 0.348 e. The number of nitrogens with two attached hydrogens (primary N) is 1. The van der Waals surface area contributed by atoms with E-state index in [0.717, 1.165) is 11.3 Å². The number of anilines is 2. The lowest BCUT2D eigenvalue weighted by Gasteiger charge is -2.34. The van der Waals surface area contributed by atoms with Crippen LogP contribution in [0.25, 0.3) is 11.4 Å². The minimum atomic E-state index is -1.41. The lowest BCUT2D eigenvalue weighted by Crippen LogP contribution is -2.52. The zero-order valence-electron chi connectivity index (χ0n) is 16.5. The average Bonchev–Trinajstić information content (AvgIpc) is 3.44. The number of carbonyl (C=O) groups excluding carboxylic acids is 1. The molecule has 0 unspecified atom stereocenters. The molecule has 14 heteroatoms. The number of rotatable bonds is 5. The number of hydrogen-bond donors (Lipinski definition) is 4. The number of thiazole rings is 2. The molecule has 1 amide bonds. The summed E-state index contributed by atoms with van der Waals surface area (Å²) in [6.07, 6.45) is -1.12. The molecule has 0 bridgehead atoms. The largest absolute Gasteiger partial charge is 0.477 e. The van der Waals surface area contributed by atoms with E-state index < -0.39 is 24.1 Å². The molecule has 3 aromatic rings. The van der Waals surface area contributed by atoms with Crippen LogP contribution in [0.2, 0.25) is 10.0 Å². The molecule has 0 spiro atoms. The first-order chi connectivity index (χ1) is 15.2. The maximum absolute atomic E-state index is 14.9. The maximum atomic E-state index is 14.9. The van der Waals surface area contributed by atoms with E-state index in [2.05, 4.69) is 20.3 Å². The fourth-order valence-corrected chi connectivity index (χ4v) is 5.28. The number of aromatic amines is 1. The summed E-state index contributed by atoms with van der Waals surface area (Å²) in [6, 6.07) is -0.742. The van der Waals surface area contributed by atoms with E-state index >= 15 is 0 Å². The Balaban J connectivity index is 1.48. The first-order valence-electron chi connectivity index (χ1n) is 9.34. The van der Waals surface area contributed by atoms with Crippen molar-refractivity contribution in [2.75, 3.05) is 23.7 Å². The number of nitrogen functional groups attached to an aromatic ring is 1. The third-order valence-corrected chi connectivity index (χ3v) is 7.71. The van der Waals surface area contributed by atoms with Gasteiger partial charge in [0, 0.05) is 17.6 Å². The predicted molar refractivity (Wildman–Crippen MR) is 123 cm³/mol. The maximum Gasteiger partial charge on any atom is 0.348 e. The third kappa shape index (κ3) is 4.27. The van der Waals surface area contributed by atoms with E-state index in [4.69, 9.17) is 28.9 Å². The number of hydrogen-bond acceptors (Lipinski definition) is 8. The highest BCUT2D eigenvalue weighted by atomic mass is 35.5. The van der Waals surface area contributed by atoms with Gasteiger partial charge in [-0.2, -0.15) is 0 Å². The highest BCUT2D eigenvalue weighted by Gasteiger charge is 2.34. The van der Waals surface area contributed by atoms with Crippen LogP contribution in [0.4, 0.5) is 14.7 Å². The van der Waals surface area contributed by atoms with Gasteiger partial charge >= 0.3 is 5.97 Å². The fourth-order valence-electron chi connectivity index (χ4n) is 3.37. The average molecular weight is 519 g/mol. The zero-order valence-corrected chi connectivity index (χ0v) is 19.6. The second kappa shape index (κ2) is 8.85. The van der Waals surface area contributed by atoms with Crippen LogP contribution in [0.3, 0.4) is 0 Å². The fraction of sp³-hybridized carbons (Fsp3) is 0.333. The van der Waals surface area contributed by atoms with Gasteiger partial charge in [0.2, 0.25) is 0 Å². The number of amides is 1. The van der Waals surface area contributed by atoms with Gasteiger partial charge in [0.05, 0.1) is 22.6 Å². The predicted octanol–water partition coefficient (Wildman–Crippen LogP) is 3.84. The van der Waals surface area contributed by atoms with E-state index in [9.17, 15) is 19.1 Å². The Bertz CT molecular complexity index is 1200. The zero-order chi connectivity index (χ0) is 23.2. The van der Waals surface area contributed by atoms with E-state index in [-0.39, 0.29) is 32.9 Å². The lowest BCUT2D eigenvalue weighted by atomic mass is 10.0. The number of nitrogens with zero attached hydrogens (tertiary/aromatic N) is 3. The van der Waals surface area contributed by atoms with E-state index in [1.54, 1.807) is 17.2 Å². The van der Waals surface area contributed by atoms with Crippen LogP contribution in [-0.2, 0) is 0 Å². The molecule has 0 radical (unpaired) electrons. The van der Waals surface area contributed by atoms with Crippen LogP contribution >= 0.6 is 45.9 Å². The molecule has 0 saturated carbocycles. The van der Waals surface area contributed by atoms with Crippen LogP contribution in [0, 0.1) is 6.92 Å². The second-order valence-corrected chi connectivity index (χ2v) is 9.76. The SMILES string of the molecule is Cc1[nH]c(C(=O)N[C@@H]2CCN(c3nc(-c4csc(N)n4)c(C(=O)O)s3)C[C@@H]2F)c(Cl)c1Cl. The highest BCUT2D eigenvalue weighted by Crippen LogP contribution is 2.35. The molecule has 3 aromatic heterocycles. The summed E-state index contributed by atoms with van der Waals surface area (Å²) in [7, 11) is 0. The number of aromatic carboxylic acids is 1. The van der Waals surface area contributed by atoms with Crippen LogP contribution < -0.4 is 16.0 Å². The number of aromatic nitrogens is 3. The summed E-state index contributed by atoms with van der Waals surface area (Å²) < 4.78 is 14.9. The van der Waals surface area contributed by atoms with Crippen molar-refractivity contribution in [2.45, 2.75) is 25.6 Å². The van der Waals surface area contributed by atoms with Crippen molar-refractivity contribution in [1.29, 1.82) is 0 Å². The summed E-state index contributed by atoms with van der Waals surface area (Å²) in [5, 5.41) is 14.8. The molecular formula is C18H17Cl2FN6O3S2. The number of carboxylic acid groups (broad SMARTS) is 1. The van der Waals surface area contributed by atoms with E-state index in [1.165, 1.54) is 11.3 Å². The molecular weight excluding hydrogens is 502 g/mol. The quantitative estimate of drug-likeness (QED) is 0.402. The van der Waals surface area contributed by atoms with E-state index in [1.807, 2.05) is 0 Å². The number of carboxylic acids is 1. The van der Waals surface area contributed by atoms with Gasteiger partial charge in [-0.15, -0.1) is 11.3 Å². The van der Waals surface area contributed by atoms with Crippen molar-refractivity contribution in [3.63, 3.8) is 0 Å². The molecule has 1 aliphatic rings. The molecule has 1 saturated heterocycles. The number of H-pyrrole nitrogens is 1. The van der Waals surface area contributed by atoms with Gasteiger partial charge in [-0.05, 0) is 13.3 Å². The molecule has 1 fully saturated rings. The normalized spacial score (nSPS) is 18.7. The molecule has 4 rings (SSSR count). The minimum Gasteiger partial charge on any atom is -0.477 e. The van der Waals surface area contributed by atoms with Crippen LogP contribution in [0.1, 0.15) is 32.3 Å². The van der Waals surface area contributed by atoms with Crippen molar-refractivity contribution in [3.05, 3.63) is 31.7 Å². The molecule has 5 N–H and O–H groups in total. The minimum absolute atomic E-state index is 0.00442. The lowest BCUT2D eigenvalue weighted by molar-refractivity contribution is 0.0702. The number of alkyl halides is 1. The molecule has 0 aromatic carbocycles. The topological polar surface area (TPSA) is 137 Å². The van der Waals surface area contributed by atoms with Crippen LogP contribution in [-0.4, -0.2) is 57.2 Å². The van der Waals surface area contributed by atoms with Gasteiger partial charge in [-0.1, -0.05) is 34.5 Å². The summed E-state index contributed by atoms with van der Waals surface area (Å²) >= 11 is 14.2.